The molecule has 1 aromatic carbocycles. The monoisotopic (exact) mass is 281 g/mol. The number of nitrogens with one attached hydrogen (secondary N) is 1. The van der Waals surface area contributed by atoms with Crippen LogP contribution < -0.4 is 5.32 Å². The highest BCUT2D eigenvalue weighted by Crippen LogP contribution is 2.28. The molecule has 0 amide bonds. The van der Waals surface area contributed by atoms with Gasteiger partial charge in [-0.2, -0.15) is 0 Å². The molecule has 0 radical (unpaired) electrons. The van der Waals surface area contributed by atoms with Gasteiger partial charge in [-0.15, -0.1) is 0 Å². The summed E-state index contributed by atoms with van der Waals surface area (Å²) < 4.78 is 6.04. The molecule has 3 heteroatoms. The Morgan fingerprint density at radius 3 is 2.95 bits per heavy atom. The van der Waals surface area contributed by atoms with Gasteiger partial charge in [0.2, 0.25) is 0 Å². The van der Waals surface area contributed by atoms with E-state index in [1.807, 2.05) is 24.3 Å². The van der Waals surface area contributed by atoms with Crippen LogP contribution in [0, 0.1) is 5.92 Å². The molecule has 1 saturated carbocycles. The van der Waals surface area contributed by atoms with Crippen molar-refractivity contribution < 1.29 is 4.74 Å². The number of anilines is 1. The summed E-state index contributed by atoms with van der Waals surface area (Å²) in [5, 5.41) is 4.12. The second kappa shape index (κ2) is 7.76. The molecule has 1 aliphatic carbocycles. The van der Waals surface area contributed by atoms with Gasteiger partial charge in [0.1, 0.15) is 0 Å². The van der Waals surface area contributed by atoms with Gasteiger partial charge < -0.3 is 10.1 Å². The van der Waals surface area contributed by atoms with Crippen LogP contribution >= 0.6 is 11.6 Å². The number of rotatable bonds is 6. The lowest BCUT2D eigenvalue weighted by Crippen LogP contribution is -2.29. The van der Waals surface area contributed by atoms with E-state index < -0.39 is 0 Å². The minimum absolute atomic E-state index is 0.472. The third-order valence-corrected chi connectivity index (χ3v) is 4.19. The molecule has 1 aliphatic rings. The topological polar surface area (TPSA) is 21.3 Å². The summed E-state index contributed by atoms with van der Waals surface area (Å²) in [5.74, 6) is 0.764. The number of ether oxygens (including phenoxy) is 1. The van der Waals surface area contributed by atoms with E-state index in [1.165, 1.54) is 32.1 Å². The summed E-state index contributed by atoms with van der Waals surface area (Å²) >= 11 is 5.95. The smallest absolute Gasteiger partial charge is 0.0642 e. The fourth-order valence-corrected chi connectivity index (χ4v) is 3.05. The molecule has 2 rings (SSSR count). The van der Waals surface area contributed by atoms with Crippen LogP contribution in [0.2, 0.25) is 5.02 Å². The Hall–Kier alpha value is -0.730. The van der Waals surface area contributed by atoms with Crippen LogP contribution in [0.1, 0.15) is 39.0 Å². The standard InChI is InChI=1S/C16H24ClNO/c1-2-13-6-3-4-9-16(13)19-11-10-18-15-8-5-7-14(17)12-15/h5,7-8,12-13,16,18H,2-4,6,9-11H2,1H3. The number of hydrogen-bond acceptors (Lipinski definition) is 2. The van der Waals surface area contributed by atoms with Crippen molar-refractivity contribution in [1.82, 2.24) is 0 Å². The molecule has 0 aliphatic heterocycles. The summed E-state index contributed by atoms with van der Waals surface area (Å²) in [6, 6.07) is 7.81. The molecule has 1 aromatic rings. The molecule has 0 saturated heterocycles. The molecule has 2 atom stereocenters. The lowest BCUT2D eigenvalue weighted by Gasteiger charge is -2.30. The van der Waals surface area contributed by atoms with Crippen LogP contribution in [0.5, 0.6) is 0 Å². The Kier molecular flexibility index (Phi) is 5.99. The number of hydrogen-bond donors (Lipinski definition) is 1. The molecule has 19 heavy (non-hydrogen) atoms. The normalized spacial score (nSPS) is 23.3. The largest absolute Gasteiger partial charge is 0.383 e. The lowest BCUT2D eigenvalue weighted by atomic mass is 9.85. The summed E-state index contributed by atoms with van der Waals surface area (Å²) in [5.41, 5.74) is 1.06. The molecule has 2 unspecified atom stereocenters. The molecule has 0 bridgehead atoms. The zero-order chi connectivity index (χ0) is 13.5. The van der Waals surface area contributed by atoms with E-state index >= 15 is 0 Å². The first kappa shape index (κ1) is 14.7. The van der Waals surface area contributed by atoms with Gasteiger partial charge in [0.15, 0.2) is 0 Å². The van der Waals surface area contributed by atoms with Crippen LogP contribution in [0.4, 0.5) is 5.69 Å². The Balaban J connectivity index is 1.68. The molecule has 0 aromatic heterocycles. The fraction of sp³-hybridized carbons (Fsp3) is 0.625. The van der Waals surface area contributed by atoms with Gasteiger partial charge in [-0.25, -0.2) is 0 Å². The summed E-state index contributed by atoms with van der Waals surface area (Å²) in [6.07, 6.45) is 6.98. The summed E-state index contributed by atoms with van der Waals surface area (Å²) in [6.45, 7) is 3.89. The van der Waals surface area contributed by atoms with Gasteiger partial charge >= 0.3 is 0 Å². The first-order chi connectivity index (χ1) is 9.29. The van der Waals surface area contributed by atoms with E-state index in [0.29, 0.717) is 6.10 Å². The maximum atomic E-state index is 6.04. The third-order valence-electron chi connectivity index (χ3n) is 3.95. The van der Waals surface area contributed by atoms with Gasteiger partial charge in [-0.1, -0.05) is 43.9 Å². The van der Waals surface area contributed by atoms with Crippen LogP contribution in [0.3, 0.4) is 0 Å². The minimum Gasteiger partial charge on any atom is -0.383 e. The molecule has 2 nitrogen and oxygen atoms in total. The maximum Gasteiger partial charge on any atom is 0.0642 e. The number of halogens is 1. The predicted octanol–water partition coefficient (Wildman–Crippen LogP) is 4.74. The predicted molar refractivity (Wildman–Crippen MR) is 81.9 cm³/mol. The van der Waals surface area contributed by atoms with Crippen molar-refractivity contribution in [1.29, 1.82) is 0 Å². The molecular formula is C16H24ClNO. The van der Waals surface area contributed by atoms with E-state index in [9.17, 15) is 0 Å². The van der Waals surface area contributed by atoms with Crippen LogP contribution in [-0.4, -0.2) is 19.3 Å². The van der Waals surface area contributed by atoms with E-state index in [-0.39, 0.29) is 0 Å². The SMILES string of the molecule is CCC1CCCCC1OCCNc1cccc(Cl)c1. The highest BCUT2D eigenvalue weighted by molar-refractivity contribution is 6.30. The average Bonchev–Trinajstić information content (AvgIpc) is 2.44. The van der Waals surface area contributed by atoms with E-state index in [0.717, 1.165) is 29.8 Å². The van der Waals surface area contributed by atoms with Gasteiger partial charge in [0, 0.05) is 17.3 Å². The first-order valence-electron chi connectivity index (χ1n) is 7.40. The minimum atomic E-state index is 0.472. The third kappa shape index (κ3) is 4.70. The zero-order valence-electron chi connectivity index (χ0n) is 11.7. The first-order valence-corrected chi connectivity index (χ1v) is 7.78. The van der Waals surface area contributed by atoms with Crippen molar-refractivity contribution >= 4 is 17.3 Å². The molecule has 106 valence electrons. The Morgan fingerprint density at radius 1 is 1.32 bits per heavy atom. The second-order valence-corrected chi connectivity index (χ2v) is 5.74. The molecule has 1 fully saturated rings. The van der Waals surface area contributed by atoms with E-state index in [4.69, 9.17) is 16.3 Å². The van der Waals surface area contributed by atoms with E-state index in [1.54, 1.807) is 0 Å². The van der Waals surface area contributed by atoms with Gasteiger partial charge in [0.25, 0.3) is 0 Å². The lowest BCUT2D eigenvalue weighted by molar-refractivity contribution is -0.00688. The van der Waals surface area contributed by atoms with Crippen LogP contribution in [0.25, 0.3) is 0 Å². The van der Waals surface area contributed by atoms with Crippen molar-refractivity contribution in [2.24, 2.45) is 5.92 Å². The highest BCUT2D eigenvalue weighted by Gasteiger charge is 2.23. The Labute approximate surface area is 121 Å². The fourth-order valence-electron chi connectivity index (χ4n) is 2.86. The van der Waals surface area contributed by atoms with Crippen molar-refractivity contribution in [2.45, 2.75) is 45.1 Å². The molecule has 0 heterocycles. The van der Waals surface area contributed by atoms with Gasteiger partial charge in [-0.05, 0) is 37.0 Å². The van der Waals surface area contributed by atoms with Gasteiger partial charge in [0.05, 0.1) is 12.7 Å². The summed E-state index contributed by atoms with van der Waals surface area (Å²) in [4.78, 5) is 0. The second-order valence-electron chi connectivity index (χ2n) is 5.30. The number of benzene rings is 1. The molecule has 1 N–H and O–H groups in total. The Morgan fingerprint density at radius 2 is 2.16 bits per heavy atom. The van der Waals surface area contributed by atoms with Crippen molar-refractivity contribution in [3.05, 3.63) is 29.3 Å². The quantitative estimate of drug-likeness (QED) is 0.761. The van der Waals surface area contributed by atoms with Crippen molar-refractivity contribution in [2.75, 3.05) is 18.5 Å². The highest BCUT2D eigenvalue weighted by atomic mass is 35.5. The van der Waals surface area contributed by atoms with E-state index in [2.05, 4.69) is 12.2 Å². The van der Waals surface area contributed by atoms with Crippen molar-refractivity contribution in [3.63, 3.8) is 0 Å². The van der Waals surface area contributed by atoms with Crippen LogP contribution in [-0.2, 0) is 4.74 Å². The van der Waals surface area contributed by atoms with Gasteiger partial charge in [-0.3, -0.25) is 0 Å². The Bertz CT molecular complexity index is 383. The molecular weight excluding hydrogens is 258 g/mol. The van der Waals surface area contributed by atoms with Crippen molar-refractivity contribution in [3.8, 4) is 0 Å². The average molecular weight is 282 g/mol. The zero-order valence-corrected chi connectivity index (χ0v) is 12.5. The summed E-state index contributed by atoms with van der Waals surface area (Å²) in [7, 11) is 0. The molecule has 0 spiro atoms. The maximum absolute atomic E-state index is 6.04. The van der Waals surface area contributed by atoms with Crippen LogP contribution in [0.15, 0.2) is 24.3 Å².